The minimum Gasteiger partial charge on any atom is -0.493 e. The lowest BCUT2D eigenvalue weighted by Gasteiger charge is -2.22. The number of ether oxygens (including phenoxy) is 2. The molecular weight excluding hydrogens is 252 g/mol. The Hall–Kier alpha value is -1.51. The molecule has 0 bridgehead atoms. The van der Waals surface area contributed by atoms with Crippen LogP contribution in [0.2, 0.25) is 0 Å². The number of unbranched alkanes of at least 4 members (excludes halogenated alkanes) is 1. The van der Waals surface area contributed by atoms with Crippen molar-refractivity contribution in [1.82, 2.24) is 0 Å². The predicted octanol–water partition coefficient (Wildman–Crippen LogP) is 4.13. The number of hydrogen-bond acceptors (Lipinski definition) is 3. The van der Waals surface area contributed by atoms with Crippen molar-refractivity contribution in [3.8, 4) is 5.75 Å². The van der Waals surface area contributed by atoms with E-state index in [9.17, 15) is 4.79 Å². The minimum absolute atomic E-state index is 0.111. The number of aryl methyl sites for hydroxylation is 1. The smallest absolute Gasteiger partial charge is 0.311 e. The van der Waals surface area contributed by atoms with Crippen LogP contribution in [-0.4, -0.2) is 19.2 Å². The van der Waals surface area contributed by atoms with Gasteiger partial charge in [-0.2, -0.15) is 0 Å². The molecule has 0 radical (unpaired) electrons. The summed E-state index contributed by atoms with van der Waals surface area (Å²) in [5.41, 5.74) is 0.748. The van der Waals surface area contributed by atoms with E-state index in [1.165, 1.54) is 0 Å². The standard InChI is InChI=1S/C17H26O3/c1-5-19-16(18)17(3,4)12-8-9-13-20-15-11-7-6-10-14(15)2/h6-7,10-11H,5,8-9,12-13H2,1-4H3. The molecule has 0 unspecified atom stereocenters. The van der Waals surface area contributed by atoms with E-state index in [0.29, 0.717) is 13.2 Å². The highest BCUT2D eigenvalue weighted by Crippen LogP contribution is 2.25. The van der Waals surface area contributed by atoms with E-state index >= 15 is 0 Å². The summed E-state index contributed by atoms with van der Waals surface area (Å²) in [7, 11) is 0. The van der Waals surface area contributed by atoms with Gasteiger partial charge < -0.3 is 9.47 Å². The third-order valence-corrected chi connectivity index (χ3v) is 3.38. The van der Waals surface area contributed by atoms with Crippen LogP contribution in [0, 0.1) is 12.3 Å². The molecule has 1 aromatic rings. The lowest BCUT2D eigenvalue weighted by atomic mass is 9.87. The van der Waals surface area contributed by atoms with Gasteiger partial charge in [-0.1, -0.05) is 18.2 Å². The second-order valence-corrected chi connectivity index (χ2v) is 5.68. The molecule has 0 aliphatic rings. The number of para-hydroxylation sites is 1. The summed E-state index contributed by atoms with van der Waals surface area (Å²) in [6.07, 6.45) is 2.72. The summed E-state index contributed by atoms with van der Waals surface area (Å²) in [6.45, 7) is 8.88. The highest BCUT2D eigenvalue weighted by atomic mass is 16.5. The lowest BCUT2D eigenvalue weighted by Crippen LogP contribution is -2.26. The van der Waals surface area contributed by atoms with Crippen molar-refractivity contribution in [2.45, 2.75) is 47.0 Å². The maximum atomic E-state index is 11.7. The quantitative estimate of drug-likeness (QED) is 0.529. The summed E-state index contributed by atoms with van der Waals surface area (Å²) in [4.78, 5) is 11.7. The van der Waals surface area contributed by atoms with Gasteiger partial charge in [-0.05, 0) is 58.6 Å². The molecule has 0 heterocycles. The first kappa shape index (κ1) is 16.5. The molecule has 0 atom stereocenters. The maximum Gasteiger partial charge on any atom is 0.311 e. The number of carbonyl (C=O) groups is 1. The van der Waals surface area contributed by atoms with Crippen LogP contribution in [0.3, 0.4) is 0 Å². The average Bonchev–Trinajstić information content (AvgIpc) is 2.40. The minimum atomic E-state index is -0.404. The first-order valence-corrected chi connectivity index (χ1v) is 7.33. The van der Waals surface area contributed by atoms with Gasteiger partial charge in [0.15, 0.2) is 0 Å². The number of carbonyl (C=O) groups excluding carboxylic acids is 1. The Bertz CT molecular complexity index is 424. The topological polar surface area (TPSA) is 35.5 Å². The fourth-order valence-electron chi connectivity index (χ4n) is 2.00. The zero-order valence-corrected chi connectivity index (χ0v) is 13.1. The molecular formula is C17H26O3. The second kappa shape index (κ2) is 7.93. The van der Waals surface area contributed by atoms with E-state index in [4.69, 9.17) is 9.47 Å². The van der Waals surface area contributed by atoms with Gasteiger partial charge in [0.25, 0.3) is 0 Å². The fourth-order valence-corrected chi connectivity index (χ4v) is 2.00. The van der Waals surface area contributed by atoms with Crippen molar-refractivity contribution in [1.29, 1.82) is 0 Å². The Labute approximate surface area is 122 Å². The Morgan fingerprint density at radius 3 is 2.55 bits per heavy atom. The van der Waals surface area contributed by atoms with Crippen molar-refractivity contribution in [2.24, 2.45) is 5.41 Å². The molecule has 112 valence electrons. The van der Waals surface area contributed by atoms with Crippen molar-refractivity contribution in [3.63, 3.8) is 0 Å². The number of benzene rings is 1. The third-order valence-electron chi connectivity index (χ3n) is 3.38. The SMILES string of the molecule is CCOC(=O)C(C)(C)CCCCOc1ccccc1C. The largest absolute Gasteiger partial charge is 0.493 e. The maximum absolute atomic E-state index is 11.7. The van der Waals surface area contributed by atoms with Crippen molar-refractivity contribution >= 4 is 5.97 Å². The van der Waals surface area contributed by atoms with Crippen molar-refractivity contribution < 1.29 is 14.3 Å². The molecule has 3 nitrogen and oxygen atoms in total. The van der Waals surface area contributed by atoms with E-state index in [-0.39, 0.29) is 5.97 Å². The van der Waals surface area contributed by atoms with E-state index < -0.39 is 5.41 Å². The number of rotatable bonds is 8. The Balaban J connectivity index is 2.25. The summed E-state index contributed by atoms with van der Waals surface area (Å²) in [5.74, 6) is 0.831. The van der Waals surface area contributed by atoms with E-state index in [1.807, 2.05) is 52.0 Å². The van der Waals surface area contributed by atoms with E-state index in [1.54, 1.807) is 0 Å². The number of esters is 1. The van der Waals surface area contributed by atoms with Crippen LogP contribution in [0.15, 0.2) is 24.3 Å². The molecule has 0 aliphatic heterocycles. The Kier molecular flexibility index (Phi) is 6.56. The Morgan fingerprint density at radius 2 is 1.90 bits per heavy atom. The van der Waals surface area contributed by atoms with Crippen LogP contribution >= 0.6 is 0 Å². The van der Waals surface area contributed by atoms with Gasteiger partial charge in [0.1, 0.15) is 5.75 Å². The normalized spacial score (nSPS) is 11.2. The third kappa shape index (κ3) is 5.24. The zero-order valence-electron chi connectivity index (χ0n) is 13.1. The summed E-state index contributed by atoms with van der Waals surface area (Å²) in [6, 6.07) is 8.01. The molecule has 0 amide bonds. The molecule has 0 saturated carbocycles. The van der Waals surface area contributed by atoms with Gasteiger partial charge in [0.2, 0.25) is 0 Å². The predicted molar refractivity (Wildman–Crippen MR) is 80.9 cm³/mol. The lowest BCUT2D eigenvalue weighted by molar-refractivity contribution is -0.153. The van der Waals surface area contributed by atoms with Gasteiger partial charge in [-0.15, -0.1) is 0 Å². The molecule has 0 N–H and O–H groups in total. The molecule has 1 rings (SSSR count). The average molecular weight is 278 g/mol. The van der Waals surface area contributed by atoms with Gasteiger partial charge in [0.05, 0.1) is 18.6 Å². The first-order valence-electron chi connectivity index (χ1n) is 7.33. The van der Waals surface area contributed by atoms with E-state index in [0.717, 1.165) is 30.6 Å². The van der Waals surface area contributed by atoms with Gasteiger partial charge in [-0.3, -0.25) is 4.79 Å². The fraction of sp³-hybridized carbons (Fsp3) is 0.588. The van der Waals surface area contributed by atoms with Gasteiger partial charge >= 0.3 is 5.97 Å². The highest BCUT2D eigenvalue weighted by molar-refractivity contribution is 5.75. The molecule has 0 aliphatic carbocycles. The summed E-state index contributed by atoms with van der Waals surface area (Å²) >= 11 is 0. The highest BCUT2D eigenvalue weighted by Gasteiger charge is 2.28. The zero-order chi connectivity index (χ0) is 15.0. The van der Waals surface area contributed by atoms with Crippen molar-refractivity contribution in [3.05, 3.63) is 29.8 Å². The van der Waals surface area contributed by atoms with Gasteiger partial charge in [0, 0.05) is 0 Å². The molecule has 0 fully saturated rings. The molecule has 1 aromatic carbocycles. The van der Waals surface area contributed by atoms with Crippen LogP contribution < -0.4 is 4.74 Å². The van der Waals surface area contributed by atoms with Crippen LogP contribution in [0.5, 0.6) is 5.75 Å². The van der Waals surface area contributed by atoms with E-state index in [2.05, 4.69) is 0 Å². The monoisotopic (exact) mass is 278 g/mol. The van der Waals surface area contributed by atoms with Crippen LogP contribution in [0.25, 0.3) is 0 Å². The Morgan fingerprint density at radius 1 is 1.20 bits per heavy atom. The number of hydrogen-bond donors (Lipinski definition) is 0. The summed E-state index contributed by atoms with van der Waals surface area (Å²) in [5, 5.41) is 0. The molecule has 0 aromatic heterocycles. The van der Waals surface area contributed by atoms with Crippen LogP contribution in [0.4, 0.5) is 0 Å². The molecule has 20 heavy (non-hydrogen) atoms. The first-order chi connectivity index (χ1) is 9.47. The van der Waals surface area contributed by atoms with Crippen LogP contribution in [0.1, 0.15) is 45.6 Å². The molecule has 0 spiro atoms. The van der Waals surface area contributed by atoms with Gasteiger partial charge in [-0.25, -0.2) is 0 Å². The molecule has 3 heteroatoms. The van der Waals surface area contributed by atoms with Crippen LogP contribution in [-0.2, 0) is 9.53 Å². The van der Waals surface area contributed by atoms with Crippen molar-refractivity contribution in [2.75, 3.05) is 13.2 Å². The second-order valence-electron chi connectivity index (χ2n) is 5.68. The molecule has 0 saturated heterocycles. The summed E-state index contributed by atoms with van der Waals surface area (Å²) < 4.78 is 10.8.